The molecule has 1 saturated heterocycles. The SMILES string of the molecule is C[C@@]1(CO)CN(c2cc(C(=O)Nc3ccc4c(c3)-c3c(c(C(N)=O)nn3-c3ccc(F)cc3)CC4)c(Cl)cn2)C[C@@]1(C)CO. The fourth-order valence-electron chi connectivity index (χ4n) is 6.18. The number of benzene rings is 2. The number of aromatic nitrogens is 3. The molecule has 2 aromatic carbocycles. The van der Waals surface area contributed by atoms with Crippen LogP contribution in [0.4, 0.5) is 15.9 Å². The van der Waals surface area contributed by atoms with Gasteiger partial charge in [0.2, 0.25) is 0 Å². The van der Waals surface area contributed by atoms with Crippen molar-refractivity contribution in [2.24, 2.45) is 16.6 Å². The van der Waals surface area contributed by atoms with Gasteiger partial charge in [-0.25, -0.2) is 14.1 Å². The third kappa shape index (κ3) is 4.90. The number of pyridine rings is 1. The summed E-state index contributed by atoms with van der Waals surface area (Å²) in [6.45, 7) is 4.51. The molecule has 1 aliphatic heterocycles. The molecule has 6 rings (SSSR count). The van der Waals surface area contributed by atoms with E-state index in [1.807, 2.05) is 30.9 Å². The van der Waals surface area contributed by atoms with Gasteiger partial charge >= 0.3 is 0 Å². The second-order valence-electron chi connectivity index (χ2n) is 12.1. The Labute approximate surface area is 258 Å². The number of carbonyl (C=O) groups is 2. The molecule has 5 N–H and O–H groups in total. The van der Waals surface area contributed by atoms with Gasteiger partial charge in [0.15, 0.2) is 5.69 Å². The highest BCUT2D eigenvalue weighted by atomic mass is 35.5. The van der Waals surface area contributed by atoms with Crippen LogP contribution in [-0.2, 0) is 12.8 Å². The summed E-state index contributed by atoms with van der Waals surface area (Å²) in [7, 11) is 0. The molecule has 228 valence electrons. The second kappa shape index (κ2) is 11.0. The Morgan fingerprint density at radius 1 is 1.05 bits per heavy atom. The predicted octanol–water partition coefficient (Wildman–Crippen LogP) is 3.99. The van der Waals surface area contributed by atoms with E-state index in [4.69, 9.17) is 17.3 Å². The summed E-state index contributed by atoms with van der Waals surface area (Å²) in [5, 5.41) is 27.8. The Balaban J connectivity index is 1.33. The summed E-state index contributed by atoms with van der Waals surface area (Å²) >= 11 is 6.44. The molecule has 1 aliphatic carbocycles. The van der Waals surface area contributed by atoms with Crippen LogP contribution in [0.5, 0.6) is 0 Å². The highest BCUT2D eigenvalue weighted by Gasteiger charge is 2.51. The highest BCUT2D eigenvalue weighted by molar-refractivity contribution is 6.34. The van der Waals surface area contributed by atoms with E-state index in [0.29, 0.717) is 54.4 Å². The number of carbonyl (C=O) groups excluding carboxylic acids is 2. The molecule has 0 bridgehead atoms. The largest absolute Gasteiger partial charge is 0.396 e. The third-order valence-electron chi connectivity index (χ3n) is 9.20. The quantitative estimate of drug-likeness (QED) is 0.245. The maximum absolute atomic E-state index is 13.7. The lowest BCUT2D eigenvalue weighted by atomic mass is 9.69. The van der Waals surface area contributed by atoms with Crippen molar-refractivity contribution in [1.29, 1.82) is 0 Å². The Hall–Kier alpha value is -4.32. The van der Waals surface area contributed by atoms with Crippen LogP contribution in [0.2, 0.25) is 5.02 Å². The average Bonchev–Trinajstić information content (AvgIpc) is 3.54. The van der Waals surface area contributed by atoms with Crippen LogP contribution in [0.25, 0.3) is 16.9 Å². The van der Waals surface area contributed by atoms with Crippen molar-refractivity contribution in [3.05, 3.63) is 88.0 Å². The summed E-state index contributed by atoms with van der Waals surface area (Å²) in [4.78, 5) is 32.2. The van der Waals surface area contributed by atoms with Crippen LogP contribution >= 0.6 is 11.6 Å². The molecule has 4 aromatic rings. The van der Waals surface area contributed by atoms with Crippen molar-refractivity contribution in [1.82, 2.24) is 14.8 Å². The first-order chi connectivity index (χ1) is 21.0. The van der Waals surface area contributed by atoms with E-state index in [0.717, 1.165) is 11.1 Å². The molecule has 0 unspecified atom stereocenters. The van der Waals surface area contributed by atoms with E-state index in [9.17, 15) is 24.2 Å². The smallest absolute Gasteiger partial charge is 0.269 e. The lowest BCUT2D eigenvalue weighted by Crippen LogP contribution is -2.41. The fraction of sp³-hybridized carbons (Fsp3) is 0.312. The first kappa shape index (κ1) is 29.7. The lowest BCUT2D eigenvalue weighted by molar-refractivity contribution is 0.00976. The van der Waals surface area contributed by atoms with Gasteiger partial charge in [-0.2, -0.15) is 5.10 Å². The molecule has 1 fully saturated rings. The van der Waals surface area contributed by atoms with E-state index in [1.165, 1.54) is 18.3 Å². The van der Waals surface area contributed by atoms with E-state index in [2.05, 4.69) is 15.4 Å². The summed E-state index contributed by atoms with van der Waals surface area (Å²) < 4.78 is 15.3. The van der Waals surface area contributed by atoms with Crippen LogP contribution in [0.15, 0.2) is 54.7 Å². The Bertz CT molecular complexity index is 1780. The van der Waals surface area contributed by atoms with E-state index >= 15 is 0 Å². The van der Waals surface area contributed by atoms with Gasteiger partial charge in [0, 0.05) is 46.9 Å². The number of primary amides is 1. The van der Waals surface area contributed by atoms with Gasteiger partial charge in [-0.05, 0) is 60.9 Å². The predicted molar refractivity (Wildman–Crippen MR) is 165 cm³/mol. The number of halogens is 2. The van der Waals surface area contributed by atoms with Crippen LogP contribution in [0.3, 0.4) is 0 Å². The summed E-state index contributed by atoms with van der Waals surface area (Å²) in [5.74, 6) is -1.00. The van der Waals surface area contributed by atoms with Crippen LogP contribution < -0.4 is 16.0 Å². The van der Waals surface area contributed by atoms with Gasteiger partial charge in [0.1, 0.15) is 11.6 Å². The van der Waals surface area contributed by atoms with Crippen molar-refractivity contribution >= 4 is 34.9 Å². The molecule has 3 heterocycles. The second-order valence-corrected chi connectivity index (χ2v) is 12.5. The molecule has 10 nitrogen and oxygen atoms in total. The van der Waals surface area contributed by atoms with Gasteiger partial charge in [-0.1, -0.05) is 31.5 Å². The maximum Gasteiger partial charge on any atom is 0.269 e. The number of nitrogens with one attached hydrogen (secondary N) is 1. The zero-order chi connectivity index (χ0) is 31.4. The van der Waals surface area contributed by atoms with Crippen LogP contribution in [0.1, 0.15) is 45.8 Å². The zero-order valence-electron chi connectivity index (χ0n) is 24.3. The molecular weight excluding hydrogens is 587 g/mol. The maximum atomic E-state index is 13.7. The van der Waals surface area contributed by atoms with Gasteiger partial charge in [-0.15, -0.1) is 0 Å². The normalized spacial score (nSPS) is 20.7. The number of fused-ring (bicyclic) bond motifs is 3. The first-order valence-corrected chi connectivity index (χ1v) is 14.6. The van der Waals surface area contributed by atoms with Crippen molar-refractivity contribution in [2.75, 3.05) is 36.5 Å². The summed E-state index contributed by atoms with van der Waals surface area (Å²) in [6.07, 6.45) is 2.60. The van der Waals surface area contributed by atoms with Crippen LogP contribution in [0, 0.1) is 16.6 Å². The summed E-state index contributed by atoms with van der Waals surface area (Å²) in [5.41, 5.74) is 9.05. The number of hydrogen-bond donors (Lipinski definition) is 4. The molecule has 12 heteroatoms. The molecule has 0 radical (unpaired) electrons. The van der Waals surface area contributed by atoms with Gasteiger partial charge in [0.25, 0.3) is 11.8 Å². The number of aryl methyl sites for hydroxylation is 1. The molecule has 2 aromatic heterocycles. The first-order valence-electron chi connectivity index (χ1n) is 14.2. The van der Waals surface area contributed by atoms with Crippen molar-refractivity contribution in [3.8, 4) is 16.9 Å². The molecule has 2 amide bonds. The minimum absolute atomic E-state index is 0.109. The Morgan fingerprint density at radius 2 is 1.73 bits per heavy atom. The number of aliphatic hydroxyl groups excluding tert-OH is 2. The van der Waals surface area contributed by atoms with E-state index in [-0.39, 0.29) is 29.5 Å². The van der Waals surface area contributed by atoms with Crippen molar-refractivity contribution < 1.29 is 24.2 Å². The number of anilines is 2. The number of nitrogens with zero attached hydrogens (tertiary/aromatic N) is 4. The Kier molecular flexibility index (Phi) is 7.43. The minimum atomic E-state index is -0.658. The molecule has 0 saturated carbocycles. The molecule has 0 spiro atoms. The monoisotopic (exact) mass is 618 g/mol. The van der Waals surface area contributed by atoms with Crippen molar-refractivity contribution in [3.63, 3.8) is 0 Å². The minimum Gasteiger partial charge on any atom is -0.396 e. The lowest BCUT2D eigenvalue weighted by Gasteiger charge is -2.36. The standard InChI is InChI=1S/C32H32ClFN6O4/c1-31(16-41)14-39(15-32(31,2)17-42)26-12-24(25(33)13-36-26)30(44)37-20-7-3-18-4-10-22-27(29(35)43)38-40(28(22)23(18)11-20)21-8-5-19(34)6-9-21/h3,5-9,11-13,41-42H,4,10,14-17H2,1-2H3,(H2,35,43)(H,37,44)/t31-,32-/m0/s1. The third-order valence-corrected chi connectivity index (χ3v) is 9.50. The number of aliphatic hydroxyl groups is 2. The molecular formula is C32H32ClFN6O4. The molecule has 2 atom stereocenters. The van der Waals surface area contributed by atoms with Gasteiger partial charge < -0.3 is 26.2 Å². The van der Waals surface area contributed by atoms with Gasteiger partial charge in [-0.3, -0.25) is 9.59 Å². The number of hydrogen-bond acceptors (Lipinski definition) is 7. The van der Waals surface area contributed by atoms with Crippen LogP contribution in [-0.4, -0.2) is 63.1 Å². The zero-order valence-corrected chi connectivity index (χ0v) is 25.0. The number of amides is 2. The number of nitrogens with two attached hydrogens (primary N) is 1. The Morgan fingerprint density at radius 3 is 2.36 bits per heavy atom. The summed E-state index contributed by atoms with van der Waals surface area (Å²) in [6, 6.07) is 12.9. The van der Waals surface area contributed by atoms with E-state index in [1.54, 1.807) is 28.9 Å². The van der Waals surface area contributed by atoms with E-state index < -0.39 is 28.5 Å². The average molecular weight is 619 g/mol. The molecule has 2 aliphatic rings. The topological polar surface area (TPSA) is 147 Å². The van der Waals surface area contributed by atoms with Gasteiger partial charge in [0.05, 0.1) is 35.2 Å². The van der Waals surface area contributed by atoms with Crippen molar-refractivity contribution in [2.45, 2.75) is 26.7 Å². The fourth-order valence-corrected chi connectivity index (χ4v) is 6.37. The highest BCUT2D eigenvalue weighted by Crippen LogP contribution is 2.46. The number of rotatable bonds is 7. The molecule has 44 heavy (non-hydrogen) atoms.